The first-order valence-electron chi connectivity index (χ1n) is 20.5. The summed E-state index contributed by atoms with van der Waals surface area (Å²) in [5, 5.41) is 0. The number of rotatable bonds is 36. The van der Waals surface area contributed by atoms with Crippen molar-refractivity contribution in [1.82, 2.24) is 0 Å². The zero-order valence-corrected chi connectivity index (χ0v) is 31.9. The van der Waals surface area contributed by atoms with E-state index in [9.17, 15) is 4.89 Å². The maximum Gasteiger partial charge on any atom is 0.329 e. The Bertz CT molecular complexity index is 600. The lowest BCUT2D eigenvalue weighted by Gasteiger charge is -2.42. The molecule has 6 heteroatoms. The number of unbranched alkanes of at least 4 members (excludes halogenated alkanes) is 26. The van der Waals surface area contributed by atoms with Gasteiger partial charge in [0.1, 0.15) is 0 Å². The highest BCUT2D eigenvalue weighted by Gasteiger charge is 2.41. The second-order valence-electron chi connectivity index (χ2n) is 15.5. The number of ether oxygens (including phenoxy) is 2. The fourth-order valence-electron chi connectivity index (χ4n) is 7.19. The van der Waals surface area contributed by atoms with Gasteiger partial charge in [-0.05, 0) is 12.8 Å². The van der Waals surface area contributed by atoms with Crippen LogP contribution in [-0.4, -0.2) is 44.5 Å². The lowest BCUT2D eigenvalue weighted by Crippen LogP contribution is -2.46. The molecule has 0 saturated carbocycles. The van der Waals surface area contributed by atoms with Crippen LogP contribution >= 0.6 is 8.60 Å². The molecule has 46 heavy (non-hydrogen) atoms. The van der Waals surface area contributed by atoms with Crippen LogP contribution in [0.5, 0.6) is 0 Å². The maximum absolute atomic E-state index is 10.5. The Morgan fingerprint density at radius 2 is 0.652 bits per heavy atom. The van der Waals surface area contributed by atoms with Crippen LogP contribution in [0.2, 0.25) is 0 Å². The van der Waals surface area contributed by atoms with E-state index in [2.05, 4.69) is 13.8 Å². The predicted octanol–water partition coefficient (Wildman–Crippen LogP) is 13.0. The Hall–Kier alpha value is 0.230. The molecule has 0 aromatic rings. The smallest absolute Gasteiger partial charge is 0.329 e. The highest BCUT2D eigenvalue weighted by Crippen LogP contribution is 2.44. The molecule has 0 amide bonds. The average molecular weight is 671 g/mol. The van der Waals surface area contributed by atoms with E-state index in [0.717, 1.165) is 39.3 Å². The zero-order chi connectivity index (χ0) is 32.9. The average Bonchev–Trinajstić information content (AvgIpc) is 3.02. The molecule has 2 fully saturated rings. The lowest BCUT2D eigenvalue weighted by molar-refractivity contribution is -0.146. The molecule has 2 aliphatic heterocycles. The first kappa shape index (κ1) is 42.4. The minimum absolute atomic E-state index is 0.0787. The van der Waals surface area contributed by atoms with E-state index in [1.165, 1.54) is 180 Å². The van der Waals surface area contributed by atoms with Crippen molar-refractivity contribution >= 4 is 8.60 Å². The van der Waals surface area contributed by atoms with Gasteiger partial charge < -0.3 is 23.4 Å². The van der Waals surface area contributed by atoms with Gasteiger partial charge in [-0.1, -0.05) is 194 Å². The van der Waals surface area contributed by atoms with E-state index < -0.39 is 8.60 Å². The van der Waals surface area contributed by atoms with Crippen LogP contribution in [0.4, 0.5) is 0 Å². The summed E-state index contributed by atoms with van der Waals surface area (Å²) in [5.74, 6) is 0. The topological polar surface area (TPSA) is 57.2 Å². The largest absolute Gasteiger partial charge is 0.380 e. The van der Waals surface area contributed by atoms with Crippen LogP contribution in [-0.2, 0) is 18.5 Å². The molecule has 5 nitrogen and oxygen atoms in total. The van der Waals surface area contributed by atoms with Crippen LogP contribution in [0.15, 0.2) is 0 Å². The van der Waals surface area contributed by atoms with E-state index >= 15 is 0 Å². The predicted molar refractivity (Wildman–Crippen MR) is 197 cm³/mol. The SMILES string of the molecule is CCCCCCCCCCCCCCCCC1(COP(O)OCC2(CCCCCCCCCCCCCCCC)COC2)COC1. The molecule has 0 atom stereocenters. The van der Waals surface area contributed by atoms with Crippen LogP contribution in [0.25, 0.3) is 0 Å². The molecule has 0 bridgehead atoms. The van der Waals surface area contributed by atoms with Crippen molar-refractivity contribution in [2.75, 3.05) is 39.6 Å². The zero-order valence-electron chi connectivity index (χ0n) is 31.0. The van der Waals surface area contributed by atoms with Crippen LogP contribution < -0.4 is 0 Å². The van der Waals surface area contributed by atoms with Crippen molar-refractivity contribution in [3.05, 3.63) is 0 Å². The summed E-state index contributed by atoms with van der Waals surface area (Å²) >= 11 is 0. The molecule has 0 radical (unpaired) electrons. The van der Waals surface area contributed by atoms with Gasteiger partial charge in [-0.25, -0.2) is 0 Å². The quantitative estimate of drug-likeness (QED) is 0.0531. The Labute approximate surface area is 288 Å². The molecule has 0 aliphatic carbocycles. The number of hydrogen-bond acceptors (Lipinski definition) is 5. The van der Waals surface area contributed by atoms with Gasteiger partial charge in [0, 0.05) is 10.8 Å². The molecule has 2 heterocycles. The van der Waals surface area contributed by atoms with Crippen LogP contribution in [0, 0.1) is 10.8 Å². The molecular weight excluding hydrogens is 591 g/mol. The van der Waals surface area contributed by atoms with Gasteiger partial charge >= 0.3 is 8.60 Å². The summed E-state index contributed by atoms with van der Waals surface area (Å²) in [6, 6.07) is 0. The molecule has 2 aliphatic rings. The first-order chi connectivity index (χ1) is 22.6. The normalized spacial score (nSPS) is 17.0. The molecule has 2 saturated heterocycles. The van der Waals surface area contributed by atoms with Crippen molar-refractivity contribution in [1.29, 1.82) is 0 Å². The summed E-state index contributed by atoms with van der Waals surface area (Å²) in [4.78, 5) is 10.5. The molecule has 0 aromatic heterocycles. The summed E-state index contributed by atoms with van der Waals surface area (Å²) in [7, 11) is -1.84. The van der Waals surface area contributed by atoms with Crippen LogP contribution in [0.3, 0.4) is 0 Å². The summed E-state index contributed by atoms with van der Waals surface area (Å²) in [6.07, 6.45) is 41.1. The van der Waals surface area contributed by atoms with Crippen molar-refractivity contribution < 1.29 is 23.4 Å². The fraction of sp³-hybridized carbons (Fsp3) is 1.00. The minimum atomic E-state index is -1.84. The standard InChI is InChI=1S/C40H79O5P/c1-3-5-7-9-11-13-15-17-19-21-23-25-27-29-31-39(33-42-34-39)37-44-46(41)45-38-40(35-43-36-40)32-30-28-26-24-22-20-18-16-14-12-10-8-6-4-2/h41H,3-38H2,1-2H3. The Morgan fingerprint density at radius 3 is 0.870 bits per heavy atom. The Morgan fingerprint density at radius 1 is 0.413 bits per heavy atom. The summed E-state index contributed by atoms with van der Waals surface area (Å²) < 4.78 is 22.9. The van der Waals surface area contributed by atoms with Gasteiger partial charge in [0.2, 0.25) is 0 Å². The van der Waals surface area contributed by atoms with E-state index in [1.807, 2.05) is 0 Å². The van der Waals surface area contributed by atoms with Gasteiger partial charge in [-0.15, -0.1) is 0 Å². The molecule has 1 N–H and O–H groups in total. The van der Waals surface area contributed by atoms with Gasteiger partial charge in [-0.3, -0.25) is 0 Å². The first-order valence-corrected chi connectivity index (χ1v) is 21.7. The molecule has 0 unspecified atom stereocenters. The van der Waals surface area contributed by atoms with Gasteiger partial charge in [0.25, 0.3) is 0 Å². The Balaban J connectivity index is 1.40. The third-order valence-corrected chi connectivity index (χ3v) is 11.4. The second-order valence-corrected chi connectivity index (χ2v) is 16.5. The highest BCUT2D eigenvalue weighted by atomic mass is 31.2. The van der Waals surface area contributed by atoms with Gasteiger partial charge in [-0.2, -0.15) is 0 Å². The molecular formula is C40H79O5P. The number of hydrogen-bond donors (Lipinski definition) is 1. The monoisotopic (exact) mass is 671 g/mol. The van der Waals surface area contributed by atoms with Crippen LogP contribution in [0.1, 0.15) is 206 Å². The summed E-state index contributed by atoms with van der Waals surface area (Å²) in [5.41, 5.74) is 0.157. The van der Waals surface area contributed by atoms with Crippen molar-refractivity contribution in [2.45, 2.75) is 206 Å². The van der Waals surface area contributed by atoms with E-state index in [-0.39, 0.29) is 10.8 Å². The molecule has 0 aromatic carbocycles. The third-order valence-electron chi connectivity index (χ3n) is 10.7. The lowest BCUT2D eigenvalue weighted by atomic mass is 9.81. The van der Waals surface area contributed by atoms with E-state index in [1.54, 1.807) is 0 Å². The second kappa shape index (κ2) is 29.0. The summed E-state index contributed by atoms with van der Waals surface area (Å²) in [6.45, 7) is 8.71. The van der Waals surface area contributed by atoms with Gasteiger partial charge in [0.15, 0.2) is 0 Å². The van der Waals surface area contributed by atoms with E-state index in [4.69, 9.17) is 18.5 Å². The molecule has 2 rings (SSSR count). The molecule has 274 valence electrons. The van der Waals surface area contributed by atoms with Crippen molar-refractivity contribution in [3.8, 4) is 0 Å². The Kier molecular flexibility index (Phi) is 26.7. The minimum Gasteiger partial charge on any atom is -0.380 e. The van der Waals surface area contributed by atoms with Crippen molar-refractivity contribution in [2.24, 2.45) is 10.8 Å². The molecule has 0 spiro atoms. The third kappa shape index (κ3) is 21.3. The van der Waals surface area contributed by atoms with Crippen molar-refractivity contribution in [3.63, 3.8) is 0 Å². The van der Waals surface area contributed by atoms with Gasteiger partial charge in [0.05, 0.1) is 39.6 Å². The highest BCUT2D eigenvalue weighted by molar-refractivity contribution is 7.40. The maximum atomic E-state index is 10.5. The fourth-order valence-corrected chi connectivity index (χ4v) is 8.03. The van der Waals surface area contributed by atoms with E-state index in [0.29, 0.717) is 13.2 Å².